The molecular weight excluding hydrogens is 440 g/mol. The number of ether oxygens (including phenoxy) is 1. The van der Waals surface area contributed by atoms with E-state index in [1.807, 2.05) is 6.92 Å². The summed E-state index contributed by atoms with van der Waals surface area (Å²) in [5.74, 6) is -1.24. The van der Waals surface area contributed by atoms with Crippen molar-refractivity contribution in [2.45, 2.75) is 31.6 Å². The first kappa shape index (κ1) is 23.2. The van der Waals surface area contributed by atoms with E-state index in [-0.39, 0.29) is 24.0 Å². The summed E-state index contributed by atoms with van der Waals surface area (Å²) in [6.07, 6.45) is 1.15. The highest BCUT2D eigenvalue weighted by Gasteiger charge is 2.33. The van der Waals surface area contributed by atoms with Crippen LogP contribution in [0.15, 0.2) is 47.4 Å². The molecule has 9 heteroatoms. The molecule has 0 saturated carbocycles. The minimum absolute atomic E-state index is 0.0907. The number of rotatable bonds is 6. The lowest BCUT2D eigenvalue weighted by atomic mass is 9.98. The van der Waals surface area contributed by atoms with Crippen molar-refractivity contribution in [2.24, 2.45) is 5.92 Å². The predicted octanol–water partition coefficient (Wildman–Crippen LogP) is 3.86. The number of carbonyl (C=O) groups excluding carboxylic acids is 2. The topological polar surface area (TPSA) is 92.8 Å². The minimum Gasteiger partial charge on any atom is -0.462 e. The number of nitrogens with zero attached hydrogens (tertiary/aromatic N) is 1. The van der Waals surface area contributed by atoms with Crippen LogP contribution in [0, 0.1) is 12.8 Å². The van der Waals surface area contributed by atoms with Gasteiger partial charge in [0.15, 0.2) is 0 Å². The number of esters is 1. The van der Waals surface area contributed by atoms with E-state index in [0.29, 0.717) is 35.7 Å². The lowest BCUT2D eigenvalue weighted by molar-refractivity contribution is -0.120. The second kappa shape index (κ2) is 9.80. The molecule has 31 heavy (non-hydrogen) atoms. The van der Waals surface area contributed by atoms with Crippen LogP contribution in [0.25, 0.3) is 0 Å². The zero-order chi connectivity index (χ0) is 22.6. The summed E-state index contributed by atoms with van der Waals surface area (Å²) in [6.45, 7) is 4.25. The number of halogens is 1. The molecular formula is C22H25ClN2O5S. The number of amides is 1. The molecule has 1 aliphatic rings. The number of anilines is 1. The lowest BCUT2D eigenvalue weighted by Crippen LogP contribution is -2.43. The fourth-order valence-corrected chi connectivity index (χ4v) is 5.11. The van der Waals surface area contributed by atoms with Gasteiger partial charge in [-0.3, -0.25) is 4.79 Å². The second-order valence-electron chi connectivity index (χ2n) is 7.40. The highest BCUT2D eigenvalue weighted by Crippen LogP contribution is 2.26. The van der Waals surface area contributed by atoms with Gasteiger partial charge in [-0.05, 0) is 68.7 Å². The first-order valence-electron chi connectivity index (χ1n) is 10.1. The Labute approximate surface area is 187 Å². The average molecular weight is 465 g/mol. The number of hydrogen-bond acceptors (Lipinski definition) is 5. The normalized spacial score (nSPS) is 17.2. The van der Waals surface area contributed by atoms with Gasteiger partial charge in [-0.25, -0.2) is 13.2 Å². The zero-order valence-electron chi connectivity index (χ0n) is 17.4. The first-order valence-corrected chi connectivity index (χ1v) is 11.9. The molecule has 1 unspecified atom stereocenters. The van der Waals surface area contributed by atoms with E-state index in [4.69, 9.17) is 16.3 Å². The van der Waals surface area contributed by atoms with Gasteiger partial charge in [0.05, 0.1) is 23.0 Å². The van der Waals surface area contributed by atoms with E-state index in [0.717, 1.165) is 5.56 Å². The van der Waals surface area contributed by atoms with Crippen LogP contribution in [0.4, 0.5) is 5.69 Å². The SMILES string of the molecule is CCOC(=O)c1ccc(C)c(NC(=O)C2CCCN(S(=O)(=O)c3ccc(Cl)cc3)C2)c1. The number of nitrogens with one attached hydrogen (secondary N) is 1. The molecule has 3 rings (SSSR count). The van der Waals surface area contributed by atoms with Crippen molar-refractivity contribution in [3.8, 4) is 0 Å². The molecule has 0 aromatic heterocycles. The Morgan fingerprint density at radius 3 is 2.58 bits per heavy atom. The molecule has 166 valence electrons. The molecule has 1 aliphatic heterocycles. The Bertz CT molecular complexity index is 1070. The second-order valence-corrected chi connectivity index (χ2v) is 9.77. The summed E-state index contributed by atoms with van der Waals surface area (Å²) in [5, 5.41) is 3.30. The molecule has 1 saturated heterocycles. The largest absolute Gasteiger partial charge is 0.462 e. The van der Waals surface area contributed by atoms with Crippen molar-refractivity contribution in [3.05, 3.63) is 58.6 Å². The maximum atomic E-state index is 13.0. The van der Waals surface area contributed by atoms with Crippen LogP contribution in [-0.2, 0) is 19.6 Å². The van der Waals surface area contributed by atoms with Crippen molar-refractivity contribution < 1.29 is 22.7 Å². The van der Waals surface area contributed by atoms with Crippen LogP contribution in [-0.4, -0.2) is 44.3 Å². The van der Waals surface area contributed by atoms with Gasteiger partial charge in [-0.1, -0.05) is 17.7 Å². The summed E-state index contributed by atoms with van der Waals surface area (Å²) in [6, 6.07) is 10.9. The van der Waals surface area contributed by atoms with E-state index < -0.39 is 21.9 Å². The Morgan fingerprint density at radius 1 is 1.19 bits per heavy atom. The Balaban J connectivity index is 1.73. The summed E-state index contributed by atoms with van der Waals surface area (Å²) in [4.78, 5) is 25.1. The first-order chi connectivity index (χ1) is 14.7. The number of benzene rings is 2. The van der Waals surface area contributed by atoms with E-state index >= 15 is 0 Å². The Kier molecular flexibility index (Phi) is 7.35. The molecule has 1 N–H and O–H groups in total. The van der Waals surface area contributed by atoms with Gasteiger partial charge in [0.25, 0.3) is 0 Å². The van der Waals surface area contributed by atoms with Gasteiger partial charge in [0, 0.05) is 23.8 Å². The number of piperidine rings is 1. The number of hydrogen-bond donors (Lipinski definition) is 1. The van der Waals surface area contributed by atoms with Gasteiger partial charge in [-0.15, -0.1) is 0 Å². The van der Waals surface area contributed by atoms with Crippen LogP contribution >= 0.6 is 11.6 Å². The van der Waals surface area contributed by atoms with Gasteiger partial charge >= 0.3 is 5.97 Å². The van der Waals surface area contributed by atoms with Gasteiger partial charge in [-0.2, -0.15) is 4.31 Å². The summed E-state index contributed by atoms with van der Waals surface area (Å²) >= 11 is 5.86. The van der Waals surface area contributed by atoms with Crippen molar-refractivity contribution >= 4 is 39.2 Å². The van der Waals surface area contributed by atoms with Crippen molar-refractivity contribution in [3.63, 3.8) is 0 Å². The molecule has 1 atom stereocenters. The van der Waals surface area contributed by atoms with Gasteiger partial charge in [0.1, 0.15) is 0 Å². The Hall–Kier alpha value is -2.42. The third-order valence-electron chi connectivity index (χ3n) is 5.21. The zero-order valence-corrected chi connectivity index (χ0v) is 19.0. The highest BCUT2D eigenvalue weighted by atomic mass is 35.5. The third kappa shape index (κ3) is 5.44. The lowest BCUT2D eigenvalue weighted by Gasteiger charge is -2.31. The molecule has 0 aliphatic carbocycles. The monoisotopic (exact) mass is 464 g/mol. The molecule has 7 nitrogen and oxygen atoms in total. The Morgan fingerprint density at radius 2 is 1.90 bits per heavy atom. The molecule has 1 heterocycles. The summed E-state index contributed by atoms with van der Waals surface area (Å²) in [7, 11) is -3.72. The fraction of sp³-hybridized carbons (Fsp3) is 0.364. The van der Waals surface area contributed by atoms with E-state index in [9.17, 15) is 18.0 Å². The smallest absolute Gasteiger partial charge is 0.338 e. The standard InChI is InChI=1S/C22H25ClN2O5S/c1-3-30-22(27)16-7-6-15(2)20(13-16)24-21(26)17-5-4-12-25(14-17)31(28,29)19-10-8-18(23)9-11-19/h6-11,13,17H,3-5,12,14H2,1-2H3,(H,24,26). The van der Waals surface area contributed by atoms with E-state index in [1.165, 1.54) is 28.6 Å². The van der Waals surface area contributed by atoms with Crippen LogP contribution in [0.3, 0.4) is 0 Å². The van der Waals surface area contributed by atoms with Crippen molar-refractivity contribution in [2.75, 3.05) is 25.0 Å². The van der Waals surface area contributed by atoms with Gasteiger partial charge in [0.2, 0.25) is 15.9 Å². The number of aryl methyl sites for hydroxylation is 1. The highest BCUT2D eigenvalue weighted by molar-refractivity contribution is 7.89. The molecule has 2 aromatic rings. The maximum absolute atomic E-state index is 13.0. The van der Waals surface area contributed by atoms with E-state index in [2.05, 4.69) is 5.32 Å². The van der Waals surface area contributed by atoms with Crippen LogP contribution in [0.5, 0.6) is 0 Å². The summed E-state index contributed by atoms with van der Waals surface area (Å²) in [5.41, 5.74) is 1.65. The molecule has 1 fully saturated rings. The predicted molar refractivity (Wildman–Crippen MR) is 119 cm³/mol. The van der Waals surface area contributed by atoms with Gasteiger partial charge < -0.3 is 10.1 Å². The fourth-order valence-electron chi connectivity index (χ4n) is 3.46. The van der Waals surface area contributed by atoms with Crippen molar-refractivity contribution in [1.82, 2.24) is 4.31 Å². The molecule has 0 spiro atoms. The summed E-state index contributed by atoms with van der Waals surface area (Å²) < 4.78 is 32.3. The molecule has 2 aromatic carbocycles. The van der Waals surface area contributed by atoms with E-state index in [1.54, 1.807) is 25.1 Å². The van der Waals surface area contributed by atoms with Crippen LogP contribution in [0.1, 0.15) is 35.7 Å². The molecule has 1 amide bonds. The molecule has 0 bridgehead atoms. The number of sulfonamides is 1. The minimum atomic E-state index is -3.72. The quantitative estimate of drug-likeness (QED) is 0.655. The van der Waals surface area contributed by atoms with Crippen molar-refractivity contribution in [1.29, 1.82) is 0 Å². The average Bonchev–Trinajstić information content (AvgIpc) is 2.75. The third-order valence-corrected chi connectivity index (χ3v) is 7.34. The number of carbonyl (C=O) groups is 2. The molecule has 0 radical (unpaired) electrons. The van der Waals surface area contributed by atoms with Crippen LogP contribution < -0.4 is 5.32 Å². The maximum Gasteiger partial charge on any atom is 0.338 e. The van der Waals surface area contributed by atoms with Crippen LogP contribution in [0.2, 0.25) is 5.02 Å².